The van der Waals surface area contributed by atoms with Crippen molar-refractivity contribution >= 4 is 87.2 Å². The van der Waals surface area contributed by atoms with Crippen molar-refractivity contribution in [3.05, 3.63) is 388 Å². The second-order valence-electron chi connectivity index (χ2n) is 26.0. The molecule has 0 atom stereocenters. The molecule has 0 bridgehead atoms. The highest BCUT2D eigenvalue weighted by Crippen LogP contribution is 2.44. The number of hydrogen-bond acceptors (Lipinski definition) is 0. The first kappa shape index (κ1) is 58.1. The number of para-hydroxylation sites is 4. The molecule has 4 heterocycles. The van der Waals surface area contributed by atoms with Gasteiger partial charge in [0.05, 0.1) is 44.1 Å². The van der Waals surface area contributed by atoms with Gasteiger partial charge in [-0.25, -0.2) is 0 Å². The summed E-state index contributed by atoms with van der Waals surface area (Å²) in [7, 11) is 0. The van der Waals surface area contributed by atoms with Crippen molar-refractivity contribution in [3.63, 3.8) is 0 Å². The van der Waals surface area contributed by atoms with Gasteiger partial charge in [-0.3, -0.25) is 0 Å². The molecule has 0 saturated heterocycles. The molecule has 0 radical (unpaired) electrons. The number of fused-ring (bicyclic) bond motifs is 12. The van der Waals surface area contributed by atoms with Gasteiger partial charge in [-0.05, 0) is 170 Å². The van der Waals surface area contributed by atoms with Crippen LogP contribution in [0, 0.1) is 0 Å². The minimum Gasteiger partial charge on any atom is -0.309 e. The lowest BCUT2D eigenvalue weighted by molar-refractivity contribution is 1.17. The fraction of sp³-hybridized carbons (Fsp3) is 0. The molecule has 0 saturated carbocycles. The molecule has 0 aliphatic rings. The summed E-state index contributed by atoms with van der Waals surface area (Å²) in [6.45, 7) is 0. The standard InChI is InChI=1S/2C48H32N2/c1-3-13-33(14-4-1)35-25-27-39(28-26-35)49-45-23-9-7-21-41(45)43-32-48-44(31-47(43)49)42-22-8-10-24-46(42)50(48)40-20-12-19-38(30-40)37-18-11-17-36(29-37)34-15-5-2-6-16-34;1-3-14-33(15-4-1)34-26-28-37(29-27-34)49-45-24-11-9-22-41(45)43-32-48-44(31-47(43)49)42-23-10-12-25-46(42)50(48)38-19-13-18-36(30-38)40-21-8-7-20-39(40)35-16-5-2-6-17-35/h2*1-32H. The van der Waals surface area contributed by atoms with Crippen molar-refractivity contribution in [2.45, 2.75) is 0 Å². The SMILES string of the molecule is c1ccc(-c2ccc(-n3c4ccccc4c4cc5c(cc43)c3ccccc3n5-c3cccc(-c4cccc(-c5ccccc5)c4)c3)cc2)cc1.c1ccc(-c2ccc(-n3c4ccccc4c4cc5c(cc43)c3ccccc3n5-c3cccc(-c4ccccc4-c4ccccc4)c3)cc2)cc1. The van der Waals surface area contributed by atoms with E-state index in [4.69, 9.17) is 0 Å². The molecule has 20 rings (SSSR count). The number of aromatic nitrogens is 4. The zero-order chi connectivity index (χ0) is 66.0. The largest absolute Gasteiger partial charge is 0.309 e. The van der Waals surface area contributed by atoms with Crippen molar-refractivity contribution in [2.24, 2.45) is 0 Å². The second-order valence-corrected chi connectivity index (χ2v) is 26.0. The lowest BCUT2D eigenvalue weighted by Crippen LogP contribution is -1.95. The first-order valence-electron chi connectivity index (χ1n) is 34.4. The van der Waals surface area contributed by atoms with E-state index in [0.717, 1.165) is 22.7 Å². The molecular weight excluding hydrogens is 1210 g/mol. The highest BCUT2D eigenvalue weighted by Gasteiger charge is 2.22. The molecule has 0 aliphatic carbocycles. The van der Waals surface area contributed by atoms with Gasteiger partial charge < -0.3 is 18.3 Å². The van der Waals surface area contributed by atoms with E-state index in [2.05, 4.69) is 407 Å². The van der Waals surface area contributed by atoms with Crippen molar-refractivity contribution in [1.29, 1.82) is 0 Å². The van der Waals surface area contributed by atoms with Gasteiger partial charge in [0.1, 0.15) is 0 Å². The summed E-state index contributed by atoms with van der Waals surface area (Å²) in [5.41, 5.74) is 28.9. The maximum atomic E-state index is 2.44. The summed E-state index contributed by atoms with van der Waals surface area (Å²) in [5, 5.41) is 9.97. The van der Waals surface area contributed by atoms with E-state index in [0.29, 0.717) is 0 Å². The minimum atomic E-state index is 1.15. The Kier molecular flexibility index (Phi) is 14.2. The Morgan fingerprint density at radius 3 is 0.760 bits per heavy atom. The normalized spacial score (nSPS) is 11.6. The van der Waals surface area contributed by atoms with Gasteiger partial charge in [-0.1, -0.05) is 285 Å². The fourth-order valence-electron chi connectivity index (χ4n) is 15.6. The van der Waals surface area contributed by atoms with Crippen LogP contribution in [-0.2, 0) is 0 Å². The van der Waals surface area contributed by atoms with Crippen molar-refractivity contribution in [3.8, 4) is 89.5 Å². The van der Waals surface area contributed by atoms with Gasteiger partial charge in [0, 0.05) is 65.8 Å². The zero-order valence-corrected chi connectivity index (χ0v) is 54.7. The first-order chi connectivity index (χ1) is 49.6. The molecule has 0 aliphatic heterocycles. The van der Waals surface area contributed by atoms with Gasteiger partial charge in [0.15, 0.2) is 0 Å². The zero-order valence-electron chi connectivity index (χ0n) is 54.7. The third-order valence-corrected chi connectivity index (χ3v) is 20.2. The van der Waals surface area contributed by atoms with Crippen LogP contribution in [0.5, 0.6) is 0 Å². The van der Waals surface area contributed by atoms with E-state index >= 15 is 0 Å². The average Bonchev–Trinajstić information content (AvgIpc) is 1.56. The molecule has 4 aromatic heterocycles. The Bertz CT molecular complexity index is 6470. The quantitative estimate of drug-likeness (QED) is 0.130. The number of rotatable bonds is 10. The van der Waals surface area contributed by atoms with Crippen molar-refractivity contribution in [1.82, 2.24) is 18.3 Å². The monoisotopic (exact) mass is 1270 g/mol. The summed E-state index contributed by atoms with van der Waals surface area (Å²) in [4.78, 5) is 0. The molecule has 0 N–H and O–H groups in total. The number of hydrogen-bond donors (Lipinski definition) is 0. The van der Waals surface area contributed by atoms with Crippen LogP contribution < -0.4 is 0 Å². The topological polar surface area (TPSA) is 19.7 Å². The summed E-state index contributed by atoms with van der Waals surface area (Å²) in [5.74, 6) is 0. The van der Waals surface area contributed by atoms with Gasteiger partial charge >= 0.3 is 0 Å². The molecule has 0 fully saturated rings. The van der Waals surface area contributed by atoms with Crippen LogP contribution in [0.2, 0.25) is 0 Å². The highest BCUT2D eigenvalue weighted by molar-refractivity contribution is 6.21. The van der Waals surface area contributed by atoms with Crippen LogP contribution in [0.4, 0.5) is 0 Å². The second kappa shape index (κ2) is 24.4. The average molecular weight is 1270 g/mol. The molecule has 0 amide bonds. The summed E-state index contributed by atoms with van der Waals surface area (Å²) in [6, 6.07) is 141. The van der Waals surface area contributed by atoms with E-state index in [1.54, 1.807) is 0 Å². The molecule has 4 nitrogen and oxygen atoms in total. The predicted molar refractivity (Wildman–Crippen MR) is 423 cm³/mol. The van der Waals surface area contributed by atoms with Gasteiger partial charge in [0.2, 0.25) is 0 Å². The van der Waals surface area contributed by atoms with Gasteiger partial charge in [0.25, 0.3) is 0 Å². The molecule has 0 unspecified atom stereocenters. The van der Waals surface area contributed by atoms with E-state index in [1.165, 1.54) is 154 Å². The number of benzene rings is 16. The Morgan fingerprint density at radius 2 is 0.370 bits per heavy atom. The first-order valence-corrected chi connectivity index (χ1v) is 34.4. The van der Waals surface area contributed by atoms with Crippen LogP contribution in [0.25, 0.3) is 177 Å². The van der Waals surface area contributed by atoms with Gasteiger partial charge in [-0.2, -0.15) is 0 Å². The molecule has 4 heteroatoms. The number of nitrogens with zero attached hydrogens (tertiary/aromatic N) is 4. The molecular formula is C96H64N4. The van der Waals surface area contributed by atoms with Crippen LogP contribution in [-0.4, -0.2) is 18.3 Å². The van der Waals surface area contributed by atoms with Gasteiger partial charge in [-0.15, -0.1) is 0 Å². The van der Waals surface area contributed by atoms with Crippen LogP contribution >= 0.6 is 0 Å². The molecule has 100 heavy (non-hydrogen) atoms. The van der Waals surface area contributed by atoms with E-state index in [9.17, 15) is 0 Å². The molecule has 16 aromatic carbocycles. The summed E-state index contributed by atoms with van der Waals surface area (Å²) >= 11 is 0. The van der Waals surface area contributed by atoms with Crippen LogP contribution in [0.15, 0.2) is 388 Å². The minimum absolute atomic E-state index is 1.15. The van der Waals surface area contributed by atoms with E-state index in [1.807, 2.05) is 0 Å². The molecule has 468 valence electrons. The van der Waals surface area contributed by atoms with Crippen molar-refractivity contribution in [2.75, 3.05) is 0 Å². The lowest BCUT2D eigenvalue weighted by atomic mass is 9.94. The van der Waals surface area contributed by atoms with E-state index < -0.39 is 0 Å². The van der Waals surface area contributed by atoms with Crippen LogP contribution in [0.3, 0.4) is 0 Å². The smallest absolute Gasteiger partial charge is 0.0548 e. The lowest BCUT2D eigenvalue weighted by Gasteiger charge is -2.13. The maximum Gasteiger partial charge on any atom is 0.0548 e. The maximum absolute atomic E-state index is 2.44. The third-order valence-electron chi connectivity index (χ3n) is 20.2. The Balaban J connectivity index is 0.000000139. The summed E-state index contributed by atoms with van der Waals surface area (Å²) in [6.07, 6.45) is 0. The third kappa shape index (κ3) is 10.00. The predicted octanol–water partition coefficient (Wildman–Crippen LogP) is 25.8. The Morgan fingerprint density at radius 1 is 0.120 bits per heavy atom. The van der Waals surface area contributed by atoms with Crippen molar-refractivity contribution < 1.29 is 0 Å². The molecule has 20 aromatic rings. The Hall–Kier alpha value is -13.3. The van der Waals surface area contributed by atoms with Crippen LogP contribution in [0.1, 0.15) is 0 Å². The highest BCUT2D eigenvalue weighted by atomic mass is 15.0. The summed E-state index contributed by atoms with van der Waals surface area (Å²) < 4.78 is 9.73. The van der Waals surface area contributed by atoms with E-state index in [-0.39, 0.29) is 0 Å². The Labute approximate surface area is 579 Å². The fourth-order valence-corrected chi connectivity index (χ4v) is 15.6. The molecule has 0 spiro atoms.